The van der Waals surface area contributed by atoms with Gasteiger partial charge in [0, 0.05) is 32.1 Å². The standard InChI is InChI=1S/C20H13Cl2N3/c21-14-7-5-13(6-8-14)19-17-3-1-2-4-18(17)20(25-24-19)23-16-11-9-15(22)10-12-16/h1-12H,(H,23,25). The molecule has 0 saturated carbocycles. The number of nitrogens with zero attached hydrogens (tertiary/aromatic N) is 2. The molecule has 0 spiro atoms. The van der Waals surface area contributed by atoms with Crippen LogP contribution in [0, 0.1) is 0 Å². The molecule has 3 nitrogen and oxygen atoms in total. The molecule has 0 radical (unpaired) electrons. The van der Waals surface area contributed by atoms with E-state index in [1.54, 1.807) is 0 Å². The zero-order chi connectivity index (χ0) is 17.2. The smallest absolute Gasteiger partial charge is 0.161 e. The van der Waals surface area contributed by atoms with Gasteiger partial charge in [0.1, 0.15) is 5.69 Å². The number of halogens is 2. The lowest BCUT2D eigenvalue weighted by Gasteiger charge is -2.11. The highest BCUT2D eigenvalue weighted by atomic mass is 35.5. The predicted octanol–water partition coefficient (Wildman–Crippen LogP) is 6.35. The van der Waals surface area contributed by atoms with Crippen molar-refractivity contribution in [3.05, 3.63) is 82.8 Å². The lowest BCUT2D eigenvalue weighted by Crippen LogP contribution is -1.99. The number of anilines is 2. The van der Waals surface area contributed by atoms with Crippen LogP contribution in [-0.4, -0.2) is 10.2 Å². The Morgan fingerprint density at radius 3 is 1.92 bits per heavy atom. The molecule has 0 bridgehead atoms. The van der Waals surface area contributed by atoms with Crippen molar-refractivity contribution in [3.8, 4) is 11.3 Å². The van der Waals surface area contributed by atoms with Crippen molar-refractivity contribution in [2.75, 3.05) is 5.32 Å². The molecule has 0 fully saturated rings. The summed E-state index contributed by atoms with van der Waals surface area (Å²) in [5.74, 6) is 0.704. The minimum atomic E-state index is 0.694. The first-order valence-electron chi connectivity index (χ1n) is 7.75. The average Bonchev–Trinajstić information content (AvgIpc) is 2.65. The number of fused-ring (bicyclic) bond motifs is 1. The molecule has 5 heteroatoms. The summed E-state index contributed by atoms with van der Waals surface area (Å²) in [7, 11) is 0. The summed E-state index contributed by atoms with van der Waals surface area (Å²) in [5, 5.41) is 15.6. The van der Waals surface area contributed by atoms with E-state index in [-0.39, 0.29) is 0 Å². The zero-order valence-corrected chi connectivity index (χ0v) is 14.6. The molecule has 4 rings (SSSR count). The topological polar surface area (TPSA) is 37.8 Å². The highest BCUT2D eigenvalue weighted by Crippen LogP contribution is 2.31. The van der Waals surface area contributed by atoms with Crippen LogP contribution >= 0.6 is 23.2 Å². The van der Waals surface area contributed by atoms with Crippen LogP contribution in [0.5, 0.6) is 0 Å². The maximum absolute atomic E-state index is 5.99. The van der Waals surface area contributed by atoms with Crippen molar-refractivity contribution >= 4 is 45.5 Å². The fourth-order valence-electron chi connectivity index (χ4n) is 2.69. The monoisotopic (exact) mass is 365 g/mol. The summed E-state index contributed by atoms with van der Waals surface area (Å²) >= 11 is 11.9. The average molecular weight is 366 g/mol. The van der Waals surface area contributed by atoms with E-state index in [0.717, 1.165) is 27.7 Å². The molecule has 3 aromatic carbocycles. The van der Waals surface area contributed by atoms with E-state index in [0.29, 0.717) is 15.9 Å². The lowest BCUT2D eigenvalue weighted by atomic mass is 10.0. The van der Waals surface area contributed by atoms with Crippen LogP contribution in [0.3, 0.4) is 0 Å². The van der Waals surface area contributed by atoms with E-state index < -0.39 is 0 Å². The van der Waals surface area contributed by atoms with Gasteiger partial charge in [0.25, 0.3) is 0 Å². The minimum absolute atomic E-state index is 0.694. The van der Waals surface area contributed by atoms with E-state index in [2.05, 4.69) is 15.5 Å². The van der Waals surface area contributed by atoms with Gasteiger partial charge in [0.15, 0.2) is 5.82 Å². The minimum Gasteiger partial charge on any atom is -0.338 e. The number of aromatic nitrogens is 2. The third-order valence-corrected chi connectivity index (χ3v) is 4.42. The number of hydrogen-bond acceptors (Lipinski definition) is 3. The van der Waals surface area contributed by atoms with E-state index in [9.17, 15) is 0 Å². The molecule has 0 aliphatic rings. The van der Waals surface area contributed by atoms with E-state index in [1.807, 2.05) is 72.8 Å². The second-order valence-corrected chi connectivity index (χ2v) is 6.45. The zero-order valence-electron chi connectivity index (χ0n) is 13.1. The summed E-state index contributed by atoms with van der Waals surface area (Å²) in [6.07, 6.45) is 0. The molecular weight excluding hydrogens is 353 g/mol. The Balaban J connectivity index is 1.81. The molecule has 0 aliphatic carbocycles. The Labute approximate surface area is 155 Å². The quantitative estimate of drug-likeness (QED) is 0.459. The first-order chi connectivity index (χ1) is 12.2. The molecule has 0 unspecified atom stereocenters. The molecule has 1 N–H and O–H groups in total. The van der Waals surface area contributed by atoms with E-state index in [4.69, 9.17) is 23.2 Å². The highest BCUT2D eigenvalue weighted by molar-refractivity contribution is 6.31. The third kappa shape index (κ3) is 3.29. The normalized spacial score (nSPS) is 10.8. The van der Waals surface area contributed by atoms with Gasteiger partial charge >= 0.3 is 0 Å². The van der Waals surface area contributed by atoms with Crippen molar-refractivity contribution in [2.45, 2.75) is 0 Å². The molecule has 1 aromatic heterocycles. The van der Waals surface area contributed by atoms with Gasteiger partial charge in [0.05, 0.1) is 0 Å². The second-order valence-electron chi connectivity index (χ2n) is 5.58. The van der Waals surface area contributed by atoms with E-state index >= 15 is 0 Å². The molecule has 122 valence electrons. The van der Waals surface area contributed by atoms with Gasteiger partial charge < -0.3 is 5.32 Å². The maximum Gasteiger partial charge on any atom is 0.161 e. The molecule has 0 aliphatic heterocycles. The van der Waals surface area contributed by atoms with Gasteiger partial charge in [-0.25, -0.2) is 0 Å². The number of nitrogens with one attached hydrogen (secondary N) is 1. The van der Waals surface area contributed by atoms with Gasteiger partial charge in [-0.05, 0) is 36.4 Å². The Kier molecular flexibility index (Phi) is 4.26. The van der Waals surface area contributed by atoms with Crippen molar-refractivity contribution in [1.82, 2.24) is 10.2 Å². The van der Waals surface area contributed by atoms with Crippen molar-refractivity contribution in [3.63, 3.8) is 0 Å². The Morgan fingerprint density at radius 1 is 0.640 bits per heavy atom. The van der Waals surface area contributed by atoms with Crippen LogP contribution in [0.15, 0.2) is 72.8 Å². The van der Waals surface area contributed by atoms with Crippen LogP contribution in [0.4, 0.5) is 11.5 Å². The van der Waals surface area contributed by atoms with Gasteiger partial charge in [-0.2, -0.15) is 0 Å². The van der Waals surface area contributed by atoms with Crippen molar-refractivity contribution in [2.24, 2.45) is 0 Å². The van der Waals surface area contributed by atoms with E-state index in [1.165, 1.54) is 0 Å². The first kappa shape index (κ1) is 15.9. The summed E-state index contributed by atoms with van der Waals surface area (Å²) < 4.78 is 0. The largest absolute Gasteiger partial charge is 0.338 e. The Morgan fingerprint density at radius 2 is 1.24 bits per heavy atom. The van der Waals surface area contributed by atoms with Gasteiger partial charge in [-0.3, -0.25) is 0 Å². The molecule has 25 heavy (non-hydrogen) atoms. The molecule has 0 atom stereocenters. The first-order valence-corrected chi connectivity index (χ1v) is 8.50. The predicted molar refractivity (Wildman–Crippen MR) is 105 cm³/mol. The maximum atomic E-state index is 5.99. The van der Waals surface area contributed by atoms with Crippen LogP contribution in [-0.2, 0) is 0 Å². The van der Waals surface area contributed by atoms with Gasteiger partial charge in [-0.1, -0.05) is 59.6 Å². The fraction of sp³-hybridized carbons (Fsp3) is 0. The molecule has 0 amide bonds. The summed E-state index contributed by atoms with van der Waals surface area (Å²) in [6.45, 7) is 0. The Bertz CT molecular complexity index is 1030. The molecule has 1 heterocycles. The molecule has 0 saturated heterocycles. The molecular formula is C20H13Cl2N3. The van der Waals surface area contributed by atoms with Crippen LogP contribution < -0.4 is 5.32 Å². The lowest BCUT2D eigenvalue weighted by molar-refractivity contribution is 1.06. The SMILES string of the molecule is Clc1ccc(Nc2nnc(-c3ccc(Cl)cc3)c3ccccc23)cc1. The third-order valence-electron chi connectivity index (χ3n) is 3.91. The molecule has 4 aromatic rings. The van der Waals surface area contributed by atoms with Crippen molar-refractivity contribution in [1.29, 1.82) is 0 Å². The van der Waals surface area contributed by atoms with Crippen LogP contribution in [0.1, 0.15) is 0 Å². The second kappa shape index (κ2) is 6.71. The van der Waals surface area contributed by atoms with Crippen LogP contribution in [0.25, 0.3) is 22.0 Å². The number of rotatable bonds is 3. The highest BCUT2D eigenvalue weighted by Gasteiger charge is 2.11. The van der Waals surface area contributed by atoms with Gasteiger partial charge in [-0.15, -0.1) is 10.2 Å². The summed E-state index contributed by atoms with van der Waals surface area (Å²) in [6, 6.07) is 23.2. The summed E-state index contributed by atoms with van der Waals surface area (Å²) in [4.78, 5) is 0. The Hall–Kier alpha value is -2.62. The van der Waals surface area contributed by atoms with Crippen molar-refractivity contribution < 1.29 is 0 Å². The summed E-state index contributed by atoms with van der Waals surface area (Å²) in [5.41, 5.74) is 2.71. The number of benzene rings is 3. The fourth-order valence-corrected chi connectivity index (χ4v) is 2.94. The van der Waals surface area contributed by atoms with Gasteiger partial charge in [0.2, 0.25) is 0 Å². The van der Waals surface area contributed by atoms with Crippen LogP contribution in [0.2, 0.25) is 10.0 Å². The number of hydrogen-bond donors (Lipinski definition) is 1.